The van der Waals surface area contributed by atoms with E-state index in [1.807, 2.05) is 108 Å². The summed E-state index contributed by atoms with van der Waals surface area (Å²) in [6.07, 6.45) is 0.435. The first-order valence-corrected chi connectivity index (χ1v) is 21.8. The molecule has 4 rings (SSSR count). The van der Waals surface area contributed by atoms with Gasteiger partial charge in [0.1, 0.15) is 5.70 Å². The minimum atomic E-state index is -4.24. The number of hydrogen-bond donors (Lipinski definition) is 1. The van der Waals surface area contributed by atoms with Gasteiger partial charge in [0.15, 0.2) is 0 Å². The Morgan fingerprint density at radius 3 is 1.65 bits per heavy atom. The number of benzene rings is 4. The highest BCUT2D eigenvalue weighted by Gasteiger charge is 2.43. The Morgan fingerprint density at radius 2 is 1.19 bits per heavy atom. The van der Waals surface area contributed by atoms with Crippen LogP contribution in [0.3, 0.4) is 0 Å². The fraction of sp³-hybridized carbons (Fsp3) is 0.289. The van der Waals surface area contributed by atoms with Gasteiger partial charge in [-0.3, -0.25) is 0 Å². The van der Waals surface area contributed by atoms with Crippen molar-refractivity contribution in [1.82, 2.24) is 9.19 Å². The van der Waals surface area contributed by atoms with E-state index in [4.69, 9.17) is 4.53 Å². The van der Waals surface area contributed by atoms with Crippen LogP contribution in [0.4, 0.5) is 0 Å². The monoisotopic (exact) mass is 702 g/mol. The Balaban J connectivity index is 1.89. The minimum Gasteiger partial charge on any atom is -0.306 e. The Bertz CT molecular complexity index is 1920. The fourth-order valence-electron chi connectivity index (χ4n) is 4.53. The molecule has 0 atom stereocenters. The highest BCUT2D eigenvalue weighted by molar-refractivity contribution is 7.89. The van der Waals surface area contributed by atoms with Crippen LogP contribution in [-0.2, 0) is 24.6 Å². The van der Waals surface area contributed by atoms with Gasteiger partial charge in [-0.05, 0) is 80.2 Å². The minimum absolute atomic E-state index is 0.0753. The number of aryl methyl sites for hydroxylation is 2. The Hall–Kier alpha value is -3.76. The predicted molar refractivity (Wildman–Crippen MR) is 197 cm³/mol. The molecule has 254 valence electrons. The lowest BCUT2D eigenvalue weighted by atomic mass is 9.98. The van der Waals surface area contributed by atoms with Gasteiger partial charge >= 0.3 is 0 Å². The van der Waals surface area contributed by atoms with Crippen molar-refractivity contribution in [2.24, 2.45) is 0 Å². The molecule has 0 amide bonds. The molecule has 0 aromatic heterocycles. The molecule has 0 fully saturated rings. The van der Waals surface area contributed by atoms with E-state index in [0.717, 1.165) is 26.7 Å². The van der Waals surface area contributed by atoms with Gasteiger partial charge in [0.05, 0.1) is 9.79 Å². The number of rotatable bonds is 13. The molecule has 10 heteroatoms. The number of allylic oxidation sites excluding steroid dienone is 1. The molecule has 0 unspecified atom stereocenters. The number of hydrogen-bond acceptors (Lipinski definition) is 5. The van der Waals surface area contributed by atoms with Crippen molar-refractivity contribution in [3.63, 3.8) is 0 Å². The van der Waals surface area contributed by atoms with Gasteiger partial charge in [-0.2, -0.15) is 8.42 Å². The van der Waals surface area contributed by atoms with Crippen LogP contribution >= 0.6 is 0 Å². The highest BCUT2D eigenvalue weighted by Crippen LogP contribution is 2.40. The van der Waals surface area contributed by atoms with Crippen LogP contribution in [0.2, 0.25) is 18.1 Å². The first-order chi connectivity index (χ1) is 22.5. The molecular formula is C38H46N2O5S2Si. The van der Waals surface area contributed by atoms with Crippen molar-refractivity contribution in [3.05, 3.63) is 143 Å². The smallest absolute Gasteiger partial charge is 0.286 e. The number of sulfonamides is 2. The lowest BCUT2D eigenvalue weighted by molar-refractivity contribution is 0.0502. The fourth-order valence-corrected chi connectivity index (χ4v) is 8.45. The van der Waals surface area contributed by atoms with Gasteiger partial charge in [0.2, 0.25) is 18.3 Å². The van der Waals surface area contributed by atoms with Crippen LogP contribution in [0.1, 0.15) is 55.9 Å². The topological polar surface area (TPSA) is 92.8 Å². The van der Waals surface area contributed by atoms with Crippen LogP contribution in [0, 0.1) is 13.8 Å². The molecule has 0 spiro atoms. The van der Waals surface area contributed by atoms with E-state index >= 15 is 0 Å². The van der Waals surface area contributed by atoms with Gasteiger partial charge in [-0.1, -0.05) is 123 Å². The first kappa shape index (κ1) is 37.1. The van der Waals surface area contributed by atoms with Crippen molar-refractivity contribution < 1.29 is 21.4 Å². The number of hydroxylamine groups is 1. The molecule has 0 aliphatic rings. The van der Waals surface area contributed by atoms with Crippen LogP contribution < -0.4 is 4.72 Å². The van der Waals surface area contributed by atoms with Gasteiger partial charge in [-0.25, -0.2) is 13.1 Å². The molecule has 0 aliphatic heterocycles. The maximum atomic E-state index is 14.6. The van der Waals surface area contributed by atoms with E-state index < -0.39 is 28.4 Å². The maximum Gasteiger partial charge on any atom is 0.286 e. The van der Waals surface area contributed by atoms with Gasteiger partial charge in [0, 0.05) is 12.1 Å². The summed E-state index contributed by atoms with van der Waals surface area (Å²) in [6, 6.07) is 32.7. The summed E-state index contributed by atoms with van der Waals surface area (Å²) in [7, 11) is -10.8. The summed E-state index contributed by atoms with van der Waals surface area (Å²) >= 11 is 0. The van der Waals surface area contributed by atoms with Gasteiger partial charge in [0.25, 0.3) is 10.0 Å². The van der Waals surface area contributed by atoms with Crippen molar-refractivity contribution in [2.45, 2.75) is 75.4 Å². The normalized spacial score (nSPS) is 12.3. The second-order valence-electron chi connectivity index (χ2n) is 13.4. The maximum absolute atomic E-state index is 14.6. The molecule has 7 nitrogen and oxygen atoms in total. The number of nitrogens with zero attached hydrogens (tertiary/aromatic N) is 1. The zero-order valence-electron chi connectivity index (χ0n) is 28.8. The summed E-state index contributed by atoms with van der Waals surface area (Å²) < 4.78 is 65.8. The molecule has 0 saturated heterocycles. The van der Waals surface area contributed by atoms with Crippen molar-refractivity contribution in [2.75, 3.05) is 6.54 Å². The average molecular weight is 703 g/mol. The van der Waals surface area contributed by atoms with E-state index in [1.54, 1.807) is 48.5 Å². The highest BCUT2D eigenvalue weighted by atomic mass is 32.2. The molecular weight excluding hydrogens is 657 g/mol. The molecule has 4 aromatic rings. The lowest BCUT2D eigenvalue weighted by Gasteiger charge is -2.40. The van der Waals surface area contributed by atoms with Crippen molar-refractivity contribution in [3.8, 4) is 0 Å². The third kappa shape index (κ3) is 9.22. The zero-order valence-corrected chi connectivity index (χ0v) is 31.5. The second-order valence-corrected chi connectivity index (χ2v) is 21.6. The molecule has 1 N–H and O–H groups in total. The zero-order chi connectivity index (χ0) is 35.2. The van der Waals surface area contributed by atoms with Gasteiger partial charge < -0.3 is 4.53 Å². The molecule has 0 aliphatic carbocycles. The molecule has 0 heterocycles. The van der Waals surface area contributed by atoms with Crippen molar-refractivity contribution in [1.29, 1.82) is 0 Å². The quantitative estimate of drug-likeness (QED) is 0.0652. The summed E-state index contributed by atoms with van der Waals surface area (Å²) in [5.41, 5.74) is 8.03. The SMILES string of the molecule is Cc1ccc(S(=O)(=O)NCCCC(=C=C(c2ccccc2)c2ccccc2)N(O[Si](C)(C)C(C)(C)C)S(=O)(=O)c2ccc(C)cc2)cc1. The third-order valence-electron chi connectivity index (χ3n) is 8.48. The predicted octanol–water partition coefficient (Wildman–Crippen LogP) is 8.60. The third-order valence-corrected chi connectivity index (χ3v) is 15.9. The van der Waals surface area contributed by atoms with Crippen LogP contribution in [0.25, 0.3) is 5.57 Å². The summed E-state index contributed by atoms with van der Waals surface area (Å²) in [5, 5.41) is -0.325. The summed E-state index contributed by atoms with van der Waals surface area (Å²) in [4.78, 5) is 0.260. The van der Waals surface area contributed by atoms with E-state index in [1.165, 1.54) is 0 Å². The van der Waals surface area contributed by atoms with Crippen LogP contribution in [0.5, 0.6) is 0 Å². The number of nitrogens with one attached hydrogen (secondary N) is 1. The van der Waals surface area contributed by atoms with Crippen LogP contribution in [-0.4, -0.2) is 36.2 Å². The molecule has 48 heavy (non-hydrogen) atoms. The van der Waals surface area contributed by atoms with E-state index in [2.05, 4.69) is 10.5 Å². The summed E-state index contributed by atoms with van der Waals surface area (Å²) in [6.45, 7) is 14.0. The Kier molecular flexibility index (Phi) is 11.7. The summed E-state index contributed by atoms with van der Waals surface area (Å²) in [5.74, 6) is 0. The molecule has 0 bridgehead atoms. The van der Waals surface area contributed by atoms with Crippen LogP contribution in [0.15, 0.2) is 130 Å². The lowest BCUT2D eigenvalue weighted by Crippen LogP contribution is -2.48. The largest absolute Gasteiger partial charge is 0.306 e. The van der Waals surface area contributed by atoms with E-state index in [-0.39, 0.29) is 39.9 Å². The second kappa shape index (κ2) is 15.2. The first-order valence-electron chi connectivity index (χ1n) is 16.0. The molecule has 0 saturated carbocycles. The molecule has 0 radical (unpaired) electrons. The molecule has 4 aromatic carbocycles. The Morgan fingerprint density at radius 1 is 0.729 bits per heavy atom. The average Bonchev–Trinajstić information content (AvgIpc) is 3.04. The van der Waals surface area contributed by atoms with Gasteiger partial charge in [-0.15, -0.1) is 4.47 Å². The van der Waals surface area contributed by atoms with E-state index in [9.17, 15) is 16.8 Å². The van der Waals surface area contributed by atoms with E-state index in [0.29, 0.717) is 5.57 Å². The standard InChI is InChI=1S/C38H46N2O5S2Si/c1-30-20-24-35(25-21-30)46(41,42)39-28-14-19-34(29-37(32-15-10-8-11-16-32)33-17-12-9-13-18-33)40(45-48(6,7)38(3,4)5)47(43,44)36-26-22-31(2)23-27-36/h8-13,15-18,20-27,39H,14,19,28H2,1-7H3. The van der Waals surface area contributed by atoms with Crippen molar-refractivity contribution >= 4 is 33.9 Å². The Labute approximate surface area is 288 Å².